The number of aliphatic imine (C=N–C) groups is 2. The van der Waals surface area contributed by atoms with Crippen LogP contribution in [0, 0.1) is 0 Å². The van der Waals surface area contributed by atoms with Crippen LogP contribution in [0.5, 0.6) is 0 Å². The first-order valence-electron chi connectivity index (χ1n) is 21.9. The second-order valence-corrected chi connectivity index (χ2v) is 14.9. The largest absolute Gasteiger partial charge is 0.252 e. The lowest BCUT2D eigenvalue weighted by molar-refractivity contribution is 0.578. The first-order chi connectivity index (χ1) is 25.2. The molecule has 0 N–H and O–H groups in total. The van der Waals surface area contributed by atoms with Gasteiger partial charge >= 0.3 is 0 Å². The standard InChI is InChI=1S/C49H78N2/c1-5-9-13-16-18-20-22-24-26-29-34-44-36-32-38-46(42-44)50-48(40-28-12-8-4)49(41-31-15-11-7-3)51-47-39-33-37-45(43-47)35-30-27-25-23-21-19-17-14-10-6-2/h29-30,32-39,42-43H,5-28,31,40-41H2,1-4H3. The Morgan fingerprint density at radius 1 is 0.412 bits per heavy atom. The normalized spacial score (nSPS) is 12.5. The molecule has 0 radical (unpaired) electrons. The molecule has 0 heterocycles. The third-order valence-corrected chi connectivity index (χ3v) is 9.96. The quantitative estimate of drug-likeness (QED) is 0.0538. The maximum atomic E-state index is 5.36. The predicted octanol–water partition coefficient (Wildman–Crippen LogP) is 17.2. The molecule has 0 aliphatic carbocycles. The average molecular weight is 695 g/mol. The third-order valence-electron chi connectivity index (χ3n) is 9.96. The number of nitrogens with zero attached hydrogens (tertiary/aromatic N) is 2. The molecule has 0 saturated carbocycles. The van der Waals surface area contributed by atoms with Crippen LogP contribution in [0.1, 0.15) is 212 Å². The van der Waals surface area contributed by atoms with E-state index in [0.717, 1.165) is 43.5 Å². The van der Waals surface area contributed by atoms with Crippen LogP contribution in [-0.2, 0) is 0 Å². The minimum absolute atomic E-state index is 0.983. The summed E-state index contributed by atoms with van der Waals surface area (Å²) < 4.78 is 0. The first-order valence-corrected chi connectivity index (χ1v) is 21.9. The summed E-state index contributed by atoms with van der Waals surface area (Å²) in [5.74, 6) is 0. The molecule has 2 nitrogen and oxygen atoms in total. The average Bonchev–Trinajstić information content (AvgIpc) is 3.14. The van der Waals surface area contributed by atoms with Gasteiger partial charge in [-0.05, 0) is 86.8 Å². The maximum absolute atomic E-state index is 5.36. The highest BCUT2D eigenvalue weighted by Gasteiger charge is 2.11. The molecule has 284 valence electrons. The van der Waals surface area contributed by atoms with Crippen molar-refractivity contribution >= 4 is 35.0 Å². The van der Waals surface area contributed by atoms with Crippen molar-refractivity contribution in [2.75, 3.05) is 0 Å². The molecule has 51 heavy (non-hydrogen) atoms. The fourth-order valence-corrected chi connectivity index (χ4v) is 6.73. The molecule has 0 aromatic heterocycles. The van der Waals surface area contributed by atoms with Crippen molar-refractivity contribution in [1.29, 1.82) is 0 Å². The number of unbranched alkanes of at least 4 members (excludes halogenated alkanes) is 21. The molecule has 2 aromatic rings. The van der Waals surface area contributed by atoms with E-state index in [1.807, 2.05) is 0 Å². The van der Waals surface area contributed by atoms with E-state index in [2.05, 4.69) is 101 Å². The van der Waals surface area contributed by atoms with E-state index in [1.165, 1.54) is 164 Å². The number of allylic oxidation sites excluding steroid dienone is 2. The molecule has 0 aliphatic rings. The molecule has 0 aliphatic heterocycles. The van der Waals surface area contributed by atoms with Crippen molar-refractivity contribution in [3.05, 3.63) is 71.8 Å². The number of rotatable bonds is 32. The Morgan fingerprint density at radius 2 is 0.745 bits per heavy atom. The van der Waals surface area contributed by atoms with E-state index in [0.29, 0.717) is 0 Å². The lowest BCUT2D eigenvalue weighted by Crippen LogP contribution is -2.14. The zero-order chi connectivity index (χ0) is 36.5. The minimum atomic E-state index is 0.983. The number of hydrogen-bond donors (Lipinski definition) is 0. The Morgan fingerprint density at radius 3 is 1.16 bits per heavy atom. The van der Waals surface area contributed by atoms with Crippen LogP contribution in [0.15, 0.2) is 70.7 Å². The van der Waals surface area contributed by atoms with Crippen LogP contribution in [0.4, 0.5) is 11.4 Å². The van der Waals surface area contributed by atoms with Gasteiger partial charge in [-0.1, -0.05) is 198 Å². The molecular weight excluding hydrogens is 617 g/mol. The molecule has 2 heteroatoms. The van der Waals surface area contributed by atoms with Gasteiger partial charge in [-0.15, -0.1) is 0 Å². The first kappa shape index (κ1) is 44.4. The molecule has 0 bridgehead atoms. The topological polar surface area (TPSA) is 24.7 Å². The molecule has 0 amide bonds. The molecule has 0 fully saturated rings. The summed E-state index contributed by atoms with van der Waals surface area (Å²) in [7, 11) is 0. The second-order valence-electron chi connectivity index (χ2n) is 14.9. The van der Waals surface area contributed by atoms with Gasteiger partial charge in [-0.2, -0.15) is 0 Å². The van der Waals surface area contributed by atoms with Crippen molar-refractivity contribution in [2.45, 2.75) is 201 Å². The van der Waals surface area contributed by atoms with Gasteiger partial charge in [-0.25, -0.2) is 0 Å². The molecule has 0 atom stereocenters. The van der Waals surface area contributed by atoms with Gasteiger partial charge in [0.2, 0.25) is 0 Å². The monoisotopic (exact) mass is 695 g/mol. The minimum Gasteiger partial charge on any atom is -0.252 e. The molecule has 0 spiro atoms. The highest BCUT2D eigenvalue weighted by Crippen LogP contribution is 2.23. The summed E-state index contributed by atoms with van der Waals surface area (Å²) >= 11 is 0. The van der Waals surface area contributed by atoms with Gasteiger partial charge in [0.25, 0.3) is 0 Å². The molecule has 0 unspecified atom stereocenters. The van der Waals surface area contributed by atoms with Crippen molar-refractivity contribution in [1.82, 2.24) is 0 Å². The number of benzene rings is 2. The fourth-order valence-electron chi connectivity index (χ4n) is 6.73. The van der Waals surface area contributed by atoms with Gasteiger partial charge in [-0.3, -0.25) is 9.98 Å². The molecule has 2 rings (SSSR count). The van der Waals surface area contributed by atoms with E-state index >= 15 is 0 Å². The predicted molar refractivity (Wildman–Crippen MR) is 232 cm³/mol. The summed E-state index contributed by atoms with van der Waals surface area (Å²) in [5.41, 5.74) is 6.95. The van der Waals surface area contributed by atoms with E-state index in [1.54, 1.807) is 0 Å². The van der Waals surface area contributed by atoms with E-state index in [-0.39, 0.29) is 0 Å². The summed E-state index contributed by atoms with van der Waals surface area (Å²) in [5, 5.41) is 0. The van der Waals surface area contributed by atoms with E-state index in [4.69, 9.17) is 9.98 Å². The summed E-state index contributed by atoms with van der Waals surface area (Å²) in [6.07, 6.45) is 44.1. The van der Waals surface area contributed by atoms with Crippen molar-refractivity contribution in [3.63, 3.8) is 0 Å². The van der Waals surface area contributed by atoms with Crippen molar-refractivity contribution < 1.29 is 0 Å². The van der Waals surface area contributed by atoms with Crippen LogP contribution >= 0.6 is 0 Å². The van der Waals surface area contributed by atoms with Crippen LogP contribution in [-0.4, -0.2) is 11.4 Å². The lowest BCUT2D eigenvalue weighted by Gasteiger charge is -2.12. The van der Waals surface area contributed by atoms with Crippen molar-refractivity contribution in [2.24, 2.45) is 9.98 Å². The lowest BCUT2D eigenvalue weighted by atomic mass is 10.0. The van der Waals surface area contributed by atoms with Gasteiger partial charge in [0.1, 0.15) is 0 Å². The maximum Gasteiger partial charge on any atom is 0.0639 e. The van der Waals surface area contributed by atoms with Crippen LogP contribution < -0.4 is 0 Å². The summed E-state index contributed by atoms with van der Waals surface area (Å²) in [6, 6.07) is 17.6. The Kier molecular flexibility index (Phi) is 27.8. The second kappa shape index (κ2) is 32.0. The van der Waals surface area contributed by atoms with E-state index < -0.39 is 0 Å². The highest BCUT2D eigenvalue weighted by atomic mass is 14.8. The Bertz CT molecular complexity index is 1230. The zero-order valence-corrected chi connectivity index (χ0v) is 33.9. The fraction of sp³-hybridized carbons (Fsp3) is 0.633. The summed E-state index contributed by atoms with van der Waals surface area (Å²) in [6.45, 7) is 9.16. The molecule has 2 aromatic carbocycles. The molecular formula is C49H78N2. The Labute approximate surface area is 316 Å². The van der Waals surface area contributed by atoms with Crippen LogP contribution in [0.2, 0.25) is 0 Å². The van der Waals surface area contributed by atoms with Gasteiger partial charge in [0.15, 0.2) is 0 Å². The van der Waals surface area contributed by atoms with Crippen LogP contribution in [0.25, 0.3) is 12.2 Å². The van der Waals surface area contributed by atoms with Gasteiger partial charge in [0.05, 0.1) is 22.8 Å². The SMILES string of the molecule is CCCCCCCCCCC=Cc1cccc(N=C(CCCCC)C(CCCCCC)=Nc2cccc(C=CCCCCCCCCCC)c2)c1. The smallest absolute Gasteiger partial charge is 0.0639 e. The third kappa shape index (κ3) is 23.4. The summed E-state index contributed by atoms with van der Waals surface area (Å²) in [4.78, 5) is 10.7. The van der Waals surface area contributed by atoms with E-state index in [9.17, 15) is 0 Å². The number of hydrogen-bond acceptors (Lipinski definition) is 2. The Hall–Kier alpha value is -2.74. The van der Waals surface area contributed by atoms with Gasteiger partial charge < -0.3 is 0 Å². The van der Waals surface area contributed by atoms with Crippen LogP contribution in [0.3, 0.4) is 0 Å². The molecule has 0 saturated heterocycles. The van der Waals surface area contributed by atoms with Crippen molar-refractivity contribution in [3.8, 4) is 0 Å². The Balaban J connectivity index is 2.13. The highest BCUT2D eigenvalue weighted by molar-refractivity contribution is 6.43. The van der Waals surface area contributed by atoms with Gasteiger partial charge in [0, 0.05) is 0 Å². The zero-order valence-electron chi connectivity index (χ0n) is 33.9.